The molecule has 0 aromatic heterocycles. The zero-order valence-corrected chi connectivity index (χ0v) is 32.8. The molecule has 1 aliphatic carbocycles. The minimum Gasteiger partial charge on any atom is -0.344 e. The van der Waals surface area contributed by atoms with E-state index in [1.807, 2.05) is 0 Å². The fourth-order valence-corrected chi connectivity index (χ4v) is 10.4. The molecule has 1 fully saturated rings. The SMILES string of the molecule is CCCC1c2c(c(-c3ccccc3)c3c(-c4ccccc4)c4ccc5ccccc5c4c(Cc4ccccc4)c3c2-c2ccccc2)C(C)C2OC(C)(C)OC12. The predicted octanol–water partition coefficient (Wildman–Crippen LogP) is 14.3. The third kappa shape index (κ3) is 5.61. The summed E-state index contributed by atoms with van der Waals surface area (Å²) < 4.78 is 14.0. The van der Waals surface area contributed by atoms with E-state index in [1.54, 1.807) is 0 Å². The van der Waals surface area contributed by atoms with Gasteiger partial charge in [-0.25, -0.2) is 0 Å². The summed E-state index contributed by atoms with van der Waals surface area (Å²) in [5, 5.41) is 7.86. The molecule has 56 heavy (non-hydrogen) atoms. The Morgan fingerprint density at radius 3 is 1.66 bits per heavy atom. The first-order valence-corrected chi connectivity index (χ1v) is 20.5. The summed E-state index contributed by atoms with van der Waals surface area (Å²) in [6.07, 6.45) is 2.74. The molecule has 1 aliphatic heterocycles. The van der Waals surface area contributed by atoms with Gasteiger partial charge in [-0.15, -0.1) is 0 Å². The molecule has 1 heterocycles. The van der Waals surface area contributed by atoms with Crippen molar-refractivity contribution in [2.75, 3.05) is 0 Å². The minimum atomic E-state index is -0.669. The average Bonchev–Trinajstić information content (AvgIpc) is 3.58. The molecule has 8 aromatic carbocycles. The maximum Gasteiger partial charge on any atom is 0.163 e. The van der Waals surface area contributed by atoms with E-state index in [4.69, 9.17) is 9.47 Å². The molecular weight excluding hydrogens is 681 g/mol. The smallest absolute Gasteiger partial charge is 0.163 e. The summed E-state index contributed by atoms with van der Waals surface area (Å²) in [5.74, 6) is -0.438. The fraction of sp³-hybridized carbons (Fsp3) is 0.222. The molecule has 2 nitrogen and oxygen atoms in total. The highest BCUT2D eigenvalue weighted by molar-refractivity contribution is 6.28. The quantitative estimate of drug-likeness (QED) is 0.120. The number of benzene rings is 8. The van der Waals surface area contributed by atoms with Gasteiger partial charge in [0.15, 0.2) is 5.79 Å². The van der Waals surface area contributed by atoms with Gasteiger partial charge in [0.25, 0.3) is 0 Å². The lowest BCUT2D eigenvalue weighted by Gasteiger charge is -2.42. The zero-order chi connectivity index (χ0) is 38.0. The van der Waals surface area contributed by atoms with Crippen LogP contribution in [0.15, 0.2) is 158 Å². The van der Waals surface area contributed by atoms with Crippen LogP contribution < -0.4 is 0 Å². The molecule has 0 saturated carbocycles. The summed E-state index contributed by atoms with van der Waals surface area (Å²) in [6, 6.07) is 58.4. The third-order valence-corrected chi connectivity index (χ3v) is 12.5. The predicted molar refractivity (Wildman–Crippen MR) is 234 cm³/mol. The summed E-state index contributed by atoms with van der Waals surface area (Å²) in [5.41, 5.74) is 13.2. The molecule has 4 atom stereocenters. The van der Waals surface area contributed by atoms with Crippen molar-refractivity contribution in [3.05, 3.63) is 180 Å². The number of ether oxygens (including phenoxy) is 2. The molecule has 1 saturated heterocycles. The van der Waals surface area contributed by atoms with Gasteiger partial charge in [-0.3, -0.25) is 0 Å². The zero-order valence-electron chi connectivity index (χ0n) is 32.8. The van der Waals surface area contributed by atoms with Gasteiger partial charge in [-0.2, -0.15) is 0 Å². The minimum absolute atomic E-state index is 0.0524. The molecule has 0 N–H and O–H groups in total. The molecule has 276 valence electrons. The number of rotatable bonds is 7. The fourth-order valence-electron chi connectivity index (χ4n) is 10.4. The second-order valence-electron chi connectivity index (χ2n) is 16.4. The molecule has 2 heteroatoms. The second kappa shape index (κ2) is 13.9. The second-order valence-corrected chi connectivity index (χ2v) is 16.4. The van der Waals surface area contributed by atoms with Gasteiger partial charge in [0.05, 0.1) is 12.2 Å². The first-order chi connectivity index (χ1) is 27.4. The van der Waals surface area contributed by atoms with E-state index >= 15 is 0 Å². The first-order valence-electron chi connectivity index (χ1n) is 20.5. The monoisotopic (exact) mass is 728 g/mol. The van der Waals surface area contributed by atoms with Gasteiger partial charge in [-0.05, 0) is 115 Å². The lowest BCUT2D eigenvalue weighted by Crippen LogP contribution is -2.39. The Morgan fingerprint density at radius 1 is 0.500 bits per heavy atom. The van der Waals surface area contributed by atoms with Gasteiger partial charge in [0.2, 0.25) is 0 Å². The highest BCUT2D eigenvalue weighted by Crippen LogP contribution is 2.60. The summed E-state index contributed by atoms with van der Waals surface area (Å²) in [4.78, 5) is 0. The molecule has 4 unspecified atom stereocenters. The van der Waals surface area contributed by atoms with Crippen LogP contribution in [0, 0.1) is 0 Å². The van der Waals surface area contributed by atoms with Crippen LogP contribution in [0.4, 0.5) is 0 Å². The molecule has 0 radical (unpaired) electrons. The Hall–Kier alpha value is -5.54. The van der Waals surface area contributed by atoms with Crippen molar-refractivity contribution in [2.45, 2.75) is 76.8 Å². The van der Waals surface area contributed by atoms with E-state index in [-0.39, 0.29) is 24.0 Å². The summed E-state index contributed by atoms with van der Waals surface area (Å²) in [7, 11) is 0. The van der Waals surface area contributed by atoms with E-state index in [9.17, 15) is 0 Å². The standard InChI is InChI=1S/C54H48O2/c1-5-20-42-49-44(34(2)52-53(42)56-54(3,4)55-52)46(38-26-14-8-15-27-38)51-45(37-24-12-7-13-25-37)41-32-31-36-23-18-19-30-40(36)48(41)43(33-35-21-10-6-11-22-35)50(51)47(49)39-28-16-9-17-29-39/h6-19,21-32,34,42,52-53H,5,20,33H2,1-4H3. The van der Waals surface area contributed by atoms with Crippen molar-refractivity contribution in [3.8, 4) is 33.4 Å². The van der Waals surface area contributed by atoms with E-state index in [0.717, 1.165) is 19.3 Å². The van der Waals surface area contributed by atoms with Gasteiger partial charge >= 0.3 is 0 Å². The Kier molecular flexibility index (Phi) is 8.66. The maximum absolute atomic E-state index is 7.02. The van der Waals surface area contributed by atoms with Crippen molar-refractivity contribution >= 4 is 32.3 Å². The van der Waals surface area contributed by atoms with Crippen LogP contribution in [0.1, 0.15) is 74.6 Å². The van der Waals surface area contributed by atoms with E-state index < -0.39 is 5.79 Å². The van der Waals surface area contributed by atoms with E-state index in [2.05, 4.69) is 185 Å². The van der Waals surface area contributed by atoms with Crippen LogP contribution in [0.3, 0.4) is 0 Å². The summed E-state index contributed by atoms with van der Waals surface area (Å²) in [6.45, 7) is 8.92. The van der Waals surface area contributed by atoms with Crippen LogP contribution in [0.25, 0.3) is 65.7 Å². The van der Waals surface area contributed by atoms with Crippen LogP contribution in [0.2, 0.25) is 0 Å². The maximum atomic E-state index is 7.02. The molecule has 10 rings (SSSR count). The Labute approximate surface area is 330 Å². The van der Waals surface area contributed by atoms with Crippen LogP contribution in [-0.4, -0.2) is 18.0 Å². The Morgan fingerprint density at radius 2 is 1.04 bits per heavy atom. The van der Waals surface area contributed by atoms with Crippen molar-refractivity contribution < 1.29 is 9.47 Å². The van der Waals surface area contributed by atoms with E-state index in [0.29, 0.717) is 0 Å². The highest BCUT2D eigenvalue weighted by Gasteiger charge is 2.53. The molecule has 0 spiro atoms. The van der Waals surface area contributed by atoms with Crippen LogP contribution >= 0.6 is 0 Å². The first kappa shape index (κ1) is 34.9. The normalized spacial score (nSPS) is 20.0. The lowest BCUT2D eigenvalue weighted by atomic mass is 9.65. The van der Waals surface area contributed by atoms with Crippen molar-refractivity contribution in [1.82, 2.24) is 0 Å². The largest absolute Gasteiger partial charge is 0.344 e. The van der Waals surface area contributed by atoms with Gasteiger partial charge < -0.3 is 9.47 Å². The molecule has 0 bridgehead atoms. The third-order valence-electron chi connectivity index (χ3n) is 12.5. The number of hydrogen-bond acceptors (Lipinski definition) is 2. The lowest BCUT2D eigenvalue weighted by molar-refractivity contribution is -0.148. The summed E-state index contributed by atoms with van der Waals surface area (Å²) >= 11 is 0. The van der Waals surface area contributed by atoms with Crippen molar-refractivity contribution in [1.29, 1.82) is 0 Å². The average molecular weight is 729 g/mol. The molecule has 8 aromatic rings. The number of hydrogen-bond donors (Lipinski definition) is 0. The number of fused-ring (bicyclic) bond motifs is 6. The van der Waals surface area contributed by atoms with Crippen LogP contribution in [-0.2, 0) is 15.9 Å². The van der Waals surface area contributed by atoms with Gasteiger partial charge in [0.1, 0.15) is 0 Å². The molecule has 2 aliphatic rings. The Balaban J connectivity index is 1.54. The van der Waals surface area contributed by atoms with Crippen LogP contribution in [0.5, 0.6) is 0 Å². The van der Waals surface area contributed by atoms with Gasteiger partial charge in [0, 0.05) is 11.8 Å². The Bertz CT molecular complexity index is 2720. The molecular formula is C54H48O2. The highest BCUT2D eigenvalue weighted by atomic mass is 16.8. The van der Waals surface area contributed by atoms with E-state index in [1.165, 1.54) is 88.0 Å². The molecule has 0 amide bonds. The van der Waals surface area contributed by atoms with Crippen molar-refractivity contribution in [2.24, 2.45) is 0 Å². The topological polar surface area (TPSA) is 18.5 Å². The van der Waals surface area contributed by atoms with Gasteiger partial charge in [-0.1, -0.05) is 178 Å². The van der Waals surface area contributed by atoms with Crippen molar-refractivity contribution in [3.63, 3.8) is 0 Å².